The maximum absolute atomic E-state index is 10.5. The zero-order chi connectivity index (χ0) is 8.43. The average Bonchev–Trinajstić information content (AvgIpc) is 2.30. The average molecular weight is 192 g/mol. The van der Waals surface area contributed by atoms with Gasteiger partial charge in [0, 0.05) is 0 Å². The summed E-state index contributed by atoms with van der Waals surface area (Å²) in [6, 6.07) is 1.44. The Bertz CT molecular complexity index is 282. The van der Waals surface area contributed by atoms with Crippen LogP contribution in [0.3, 0.4) is 0 Å². The molecule has 0 saturated heterocycles. The summed E-state index contributed by atoms with van der Waals surface area (Å²) in [6.45, 7) is 1.83. The fourth-order valence-corrected chi connectivity index (χ4v) is 0.857. The van der Waals surface area contributed by atoms with Gasteiger partial charge in [-0.05, 0) is 13.0 Å². The van der Waals surface area contributed by atoms with Crippen LogP contribution in [0.25, 0.3) is 0 Å². The number of hydrogen-bond acceptors (Lipinski definition) is 3. The van der Waals surface area contributed by atoms with Gasteiger partial charge in [-0.1, -0.05) is 0 Å². The Morgan fingerprint density at radius 2 is 2.33 bits per heavy atom. The minimum Gasteiger partial charge on any atom is -0.478 e. The van der Waals surface area contributed by atoms with Crippen LogP contribution in [-0.2, 0) is 6.54 Å². The van der Waals surface area contributed by atoms with Crippen LogP contribution in [0.5, 0.6) is 0 Å². The maximum Gasteiger partial charge on any atom is 0.339 e. The molecule has 3 N–H and O–H groups in total. The fourth-order valence-electron chi connectivity index (χ4n) is 0.857. The van der Waals surface area contributed by atoms with Gasteiger partial charge >= 0.3 is 5.97 Å². The van der Waals surface area contributed by atoms with Crippen LogP contribution >= 0.6 is 12.4 Å². The van der Waals surface area contributed by atoms with Crippen LogP contribution in [0, 0.1) is 6.92 Å². The molecule has 1 heterocycles. The molecule has 0 aliphatic rings. The first-order valence-corrected chi connectivity index (χ1v) is 3.18. The van der Waals surface area contributed by atoms with Crippen molar-refractivity contribution >= 4 is 18.4 Å². The molecule has 0 aromatic carbocycles. The molecular weight excluding hydrogens is 182 g/mol. The molecule has 0 atom stereocenters. The molecule has 68 valence electrons. The number of aromatic carboxylic acids is 1. The summed E-state index contributed by atoms with van der Waals surface area (Å²) >= 11 is 0. The van der Waals surface area contributed by atoms with Gasteiger partial charge in [0.25, 0.3) is 0 Å². The molecule has 1 aromatic rings. The van der Waals surface area contributed by atoms with Crippen molar-refractivity contribution in [2.24, 2.45) is 5.73 Å². The van der Waals surface area contributed by atoms with E-state index in [2.05, 4.69) is 0 Å². The van der Waals surface area contributed by atoms with Crippen molar-refractivity contribution in [2.75, 3.05) is 0 Å². The molecule has 12 heavy (non-hydrogen) atoms. The Labute approximate surface area is 75.8 Å². The van der Waals surface area contributed by atoms with E-state index in [4.69, 9.17) is 15.3 Å². The second kappa shape index (κ2) is 4.13. The van der Waals surface area contributed by atoms with Crippen molar-refractivity contribution in [3.8, 4) is 0 Å². The summed E-state index contributed by atoms with van der Waals surface area (Å²) < 4.78 is 5.02. The fraction of sp³-hybridized carbons (Fsp3) is 0.286. The molecular formula is C7H10ClNO3. The van der Waals surface area contributed by atoms with Crippen LogP contribution in [0.1, 0.15) is 21.9 Å². The van der Waals surface area contributed by atoms with E-state index in [0.29, 0.717) is 11.5 Å². The predicted molar refractivity (Wildman–Crippen MR) is 45.5 cm³/mol. The van der Waals surface area contributed by atoms with Gasteiger partial charge < -0.3 is 15.3 Å². The molecule has 1 aromatic heterocycles. The van der Waals surface area contributed by atoms with Crippen molar-refractivity contribution in [3.63, 3.8) is 0 Å². The van der Waals surface area contributed by atoms with Gasteiger partial charge in [0.2, 0.25) is 0 Å². The quantitative estimate of drug-likeness (QED) is 0.736. The number of carbonyl (C=O) groups is 1. The molecule has 0 fully saturated rings. The van der Waals surface area contributed by atoms with Crippen LogP contribution < -0.4 is 5.73 Å². The highest BCUT2D eigenvalue weighted by molar-refractivity contribution is 5.88. The van der Waals surface area contributed by atoms with Crippen LogP contribution in [0.4, 0.5) is 0 Å². The van der Waals surface area contributed by atoms with E-state index in [-0.39, 0.29) is 24.5 Å². The number of hydrogen-bond donors (Lipinski definition) is 2. The second-order valence-electron chi connectivity index (χ2n) is 2.19. The molecule has 0 aliphatic heterocycles. The normalized spacial score (nSPS) is 9.17. The van der Waals surface area contributed by atoms with E-state index >= 15 is 0 Å². The lowest BCUT2D eigenvalue weighted by molar-refractivity contribution is 0.0695. The first-order chi connectivity index (χ1) is 5.15. The van der Waals surface area contributed by atoms with E-state index < -0.39 is 5.97 Å². The summed E-state index contributed by atoms with van der Waals surface area (Å²) in [5.74, 6) is -0.0798. The summed E-state index contributed by atoms with van der Waals surface area (Å²) in [6.07, 6.45) is 0. The highest BCUT2D eigenvalue weighted by atomic mass is 35.5. The van der Waals surface area contributed by atoms with E-state index in [1.807, 2.05) is 0 Å². The van der Waals surface area contributed by atoms with Gasteiger partial charge in [0.15, 0.2) is 0 Å². The Morgan fingerprint density at radius 1 is 1.75 bits per heavy atom. The zero-order valence-electron chi connectivity index (χ0n) is 6.53. The number of carboxylic acids is 1. The first-order valence-electron chi connectivity index (χ1n) is 3.18. The number of nitrogens with two attached hydrogens (primary N) is 1. The minimum atomic E-state index is -0.981. The molecule has 0 amide bonds. The molecule has 0 bridgehead atoms. The Balaban J connectivity index is 0.00000121. The minimum absolute atomic E-state index is 0. The Kier molecular flexibility index (Phi) is 3.79. The number of aryl methyl sites for hydroxylation is 1. The molecule has 0 unspecified atom stereocenters. The number of rotatable bonds is 2. The molecule has 4 nitrogen and oxygen atoms in total. The Hall–Kier alpha value is -1.00. The topological polar surface area (TPSA) is 76.5 Å². The smallest absolute Gasteiger partial charge is 0.339 e. The number of carboxylic acid groups (broad SMARTS) is 1. The lowest BCUT2D eigenvalue weighted by Crippen LogP contribution is -1.96. The number of halogens is 1. The summed E-state index contributed by atoms with van der Waals surface area (Å²) in [7, 11) is 0. The van der Waals surface area contributed by atoms with Gasteiger partial charge in [0.1, 0.15) is 17.1 Å². The third kappa shape index (κ3) is 1.99. The van der Waals surface area contributed by atoms with Crippen molar-refractivity contribution in [1.82, 2.24) is 0 Å². The molecule has 5 heteroatoms. The zero-order valence-corrected chi connectivity index (χ0v) is 7.35. The van der Waals surface area contributed by atoms with E-state index in [1.165, 1.54) is 6.07 Å². The van der Waals surface area contributed by atoms with Crippen molar-refractivity contribution in [1.29, 1.82) is 0 Å². The van der Waals surface area contributed by atoms with E-state index in [0.717, 1.165) is 0 Å². The predicted octanol–water partition coefficient (Wildman–Crippen LogP) is 1.17. The maximum atomic E-state index is 10.5. The third-order valence-corrected chi connectivity index (χ3v) is 1.40. The second-order valence-corrected chi connectivity index (χ2v) is 2.19. The summed E-state index contributed by atoms with van der Waals surface area (Å²) in [4.78, 5) is 10.5. The highest BCUT2D eigenvalue weighted by Gasteiger charge is 2.11. The lowest BCUT2D eigenvalue weighted by Gasteiger charge is -1.85. The van der Waals surface area contributed by atoms with Crippen LogP contribution in [0.2, 0.25) is 0 Å². The van der Waals surface area contributed by atoms with Gasteiger partial charge in [-0.2, -0.15) is 0 Å². The monoisotopic (exact) mass is 191 g/mol. The molecule has 0 aliphatic carbocycles. The van der Waals surface area contributed by atoms with Crippen LogP contribution in [0.15, 0.2) is 10.5 Å². The van der Waals surface area contributed by atoms with E-state index in [1.54, 1.807) is 6.92 Å². The third-order valence-electron chi connectivity index (χ3n) is 1.40. The van der Waals surface area contributed by atoms with Gasteiger partial charge in [0.05, 0.1) is 6.54 Å². The molecule has 0 saturated carbocycles. The largest absolute Gasteiger partial charge is 0.478 e. The first kappa shape index (κ1) is 11.0. The van der Waals surface area contributed by atoms with Gasteiger partial charge in [-0.3, -0.25) is 0 Å². The lowest BCUT2D eigenvalue weighted by atomic mass is 10.2. The van der Waals surface area contributed by atoms with Crippen molar-refractivity contribution in [3.05, 3.63) is 23.2 Å². The molecule has 0 spiro atoms. The van der Waals surface area contributed by atoms with Crippen LogP contribution in [-0.4, -0.2) is 11.1 Å². The summed E-state index contributed by atoms with van der Waals surface area (Å²) in [5.41, 5.74) is 5.43. The summed E-state index contributed by atoms with van der Waals surface area (Å²) in [5, 5.41) is 8.57. The van der Waals surface area contributed by atoms with Gasteiger partial charge in [-0.25, -0.2) is 4.79 Å². The Morgan fingerprint density at radius 3 is 2.58 bits per heavy atom. The standard InChI is InChI=1S/C7H9NO3.ClH/c1-4-6(7(9)10)2-5(3-8)11-4;/h2H,3,8H2,1H3,(H,9,10);1H. The van der Waals surface area contributed by atoms with Crippen molar-refractivity contribution in [2.45, 2.75) is 13.5 Å². The number of furan rings is 1. The molecule has 1 rings (SSSR count). The van der Waals surface area contributed by atoms with Crippen molar-refractivity contribution < 1.29 is 14.3 Å². The van der Waals surface area contributed by atoms with E-state index in [9.17, 15) is 4.79 Å². The highest BCUT2D eigenvalue weighted by Crippen LogP contribution is 2.13. The molecule has 0 radical (unpaired) electrons. The SMILES string of the molecule is Cc1oc(CN)cc1C(=O)O.Cl. The van der Waals surface area contributed by atoms with Gasteiger partial charge in [-0.15, -0.1) is 12.4 Å².